The van der Waals surface area contributed by atoms with Gasteiger partial charge in [0.2, 0.25) is 10.0 Å². The van der Waals surface area contributed by atoms with Gasteiger partial charge in [0.1, 0.15) is 0 Å². The molecule has 0 heterocycles. The first-order valence-corrected chi connectivity index (χ1v) is 6.41. The summed E-state index contributed by atoms with van der Waals surface area (Å²) in [6.07, 6.45) is 0.696. The quantitative estimate of drug-likeness (QED) is 0.582. The zero-order valence-electron chi connectivity index (χ0n) is 8.92. The Balaban J connectivity index is 2.99. The molecule has 0 bridgehead atoms. The van der Waals surface area contributed by atoms with Gasteiger partial charge >= 0.3 is 7.12 Å². The van der Waals surface area contributed by atoms with Gasteiger partial charge in [0.25, 0.3) is 0 Å². The van der Waals surface area contributed by atoms with Crippen LogP contribution in [0, 0.1) is 0 Å². The predicted molar refractivity (Wildman–Crippen MR) is 61.7 cm³/mol. The third kappa shape index (κ3) is 3.31. The molecule has 0 radical (unpaired) electrons. The van der Waals surface area contributed by atoms with Crippen LogP contribution in [0.4, 0.5) is 0 Å². The zero-order chi connectivity index (χ0) is 12.2. The molecule has 0 aromatic heterocycles. The highest BCUT2D eigenvalue weighted by atomic mass is 32.2. The lowest BCUT2D eigenvalue weighted by molar-refractivity contribution is 0.425. The minimum absolute atomic E-state index is 0.0338. The van der Waals surface area contributed by atoms with E-state index in [1.165, 1.54) is 24.3 Å². The summed E-state index contributed by atoms with van der Waals surface area (Å²) in [7, 11) is -5.22. The van der Waals surface area contributed by atoms with Gasteiger partial charge < -0.3 is 10.0 Å². The summed E-state index contributed by atoms with van der Waals surface area (Å²) in [5.74, 6) is 0. The first-order valence-electron chi connectivity index (χ1n) is 4.93. The monoisotopic (exact) mass is 243 g/mol. The van der Waals surface area contributed by atoms with Crippen LogP contribution >= 0.6 is 0 Å². The van der Waals surface area contributed by atoms with E-state index < -0.39 is 17.1 Å². The Morgan fingerprint density at radius 1 is 1.38 bits per heavy atom. The molecule has 1 rings (SSSR count). The third-order valence-electron chi connectivity index (χ3n) is 2.01. The molecular weight excluding hydrogens is 229 g/mol. The van der Waals surface area contributed by atoms with E-state index in [2.05, 4.69) is 4.72 Å². The third-order valence-corrected chi connectivity index (χ3v) is 3.47. The van der Waals surface area contributed by atoms with Crippen LogP contribution in [0.1, 0.15) is 13.3 Å². The standard InChI is InChI=1S/C9H14BNO4S/c1-2-6-11-16(14,15)9-5-3-4-8(7-9)10(12)13/h3-5,7,11-13H,2,6H2,1H3. The van der Waals surface area contributed by atoms with Gasteiger partial charge in [-0.3, -0.25) is 0 Å². The van der Waals surface area contributed by atoms with E-state index in [0.29, 0.717) is 13.0 Å². The van der Waals surface area contributed by atoms with Crippen LogP contribution in [0.5, 0.6) is 0 Å². The fourth-order valence-corrected chi connectivity index (χ4v) is 2.35. The molecule has 16 heavy (non-hydrogen) atoms. The van der Waals surface area contributed by atoms with Crippen molar-refractivity contribution in [3.8, 4) is 0 Å². The highest BCUT2D eigenvalue weighted by molar-refractivity contribution is 7.89. The SMILES string of the molecule is CCCNS(=O)(=O)c1cccc(B(O)O)c1. The summed E-state index contributed by atoms with van der Waals surface area (Å²) in [6, 6.07) is 5.56. The van der Waals surface area contributed by atoms with Crippen molar-refractivity contribution in [1.82, 2.24) is 4.72 Å². The molecule has 1 aromatic rings. The normalized spacial score (nSPS) is 11.4. The minimum atomic E-state index is -3.55. The lowest BCUT2D eigenvalue weighted by atomic mass is 9.81. The molecule has 0 aliphatic heterocycles. The summed E-state index contributed by atoms with van der Waals surface area (Å²) in [4.78, 5) is 0.0338. The smallest absolute Gasteiger partial charge is 0.423 e. The van der Waals surface area contributed by atoms with Crippen LogP contribution < -0.4 is 10.2 Å². The zero-order valence-corrected chi connectivity index (χ0v) is 9.74. The van der Waals surface area contributed by atoms with Gasteiger partial charge in [-0.05, 0) is 24.0 Å². The Kier molecular flexibility index (Phi) is 4.49. The van der Waals surface area contributed by atoms with Crippen molar-refractivity contribution in [1.29, 1.82) is 0 Å². The highest BCUT2D eigenvalue weighted by Crippen LogP contribution is 2.06. The fraction of sp³-hybridized carbons (Fsp3) is 0.333. The Labute approximate surface area is 95.3 Å². The number of sulfonamides is 1. The molecule has 88 valence electrons. The van der Waals surface area contributed by atoms with Gasteiger partial charge in [-0.1, -0.05) is 19.1 Å². The Hall–Kier alpha value is -0.885. The number of benzene rings is 1. The van der Waals surface area contributed by atoms with Gasteiger partial charge in [-0.15, -0.1) is 0 Å². The fourth-order valence-electron chi connectivity index (χ4n) is 1.16. The van der Waals surface area contributed by atoms with Gasteiger partial charge in [0, 0.05) is 6.54 Å². The highest BCUT2D eigenvalue weighted by Gasteiger charge is 2.17. The van der Waals surface area contributed by atoms with Crippen LogP contribution in [-0.4, -0.2) is 32.1 Å². The van der Waals surface area contributed by atoms with Gasteiger partial charge in [0.15, 0.2) is 0 Å². The summed E-state index contributed by atoms with van der Waals surface area (Å²) >= 11 is 0. The maximum absolute atomic E-state index is 11.7. The molecule has 3 N–H and O–H groups in total. The molecule has 0 saturated heterocycles. The van der Waals surface area contributed by atoms with Crippen molar-refractivity contribution >= 4 is 22.6 Å². The molecule has 0 aliphatic carbocycles. The molecule has 0 saturated carbocycles. The van der Waals surface area contributed by atoms with Crippen LogP contribution in [-0.2, 0) is 10.0 Å². The molecule has 5 nitrogen and oxygen atoms in total. The molecule has 0 amide bonds. The van der Waals surface area contributed by atoms with E-state index in [9.17, 15) is 8.42 Å². The van der Waals surface area contributed by atoms with Crippen molar-refractivity contribution < 1.29 is 18.5 Å². The van der Waals surface area contributed by atoms with Gasteiger partial charge in [-0.2, -0.15) is 0 Å². The Morgan fingerprint density at radius 2 is 2.06 bits per heavy atom. The lowest BCUT2D eigenvalue weighted by Crippen LogP contribution is -2.31. The second-order valence-corrected chi connectivity index (χ2v) is 5.11. The summed E-state index contributed by atoms with van der Waals surface area (Å²) in [5.41, 5.74) is 0.152. The van der Waals surface area contributed by atoms with Crippen molar-refractivity contribution in [2.45, 2.75) is 18.2 Å². The summed E-state index contributed by atoms with van der Waals surface area (Å²) < 4.78 is 25.8. The molecule has 0 aliphatic rings. The van der Waals surface area contributed by atoms with E-state index in [1.54, 1.807) is 0 Å². The molecule has 0 spiro atoms. The van der Waals surface area contributed by atoms with E-state index in [1.807, 2.05) is 6.92 Å². The van der Waals surface area contributed by atoms with Gasteiger partial charge in [0.05, 0.1) is 4.90 Å². The molecule has 1 aromatic carbocycles. The topological polar surface area (TPSA) is 86.6 Å². The van der Waals surface area contributed by atoms with Crippen molar-refractivity contribution in [3.63, 3.8) is 0 Å². The molecule has 0 atom stereocenters. The summed E-state index contributed by atoms with van der Waals surface area (Å²) in [5, 5.41) is 17.9. The average molecular weight is 243 g/mol. The van der Waals surface area contributed by atoms with Crippen LogP contribution in [0.15, 0.2) is 29.2 Å². The molecule has 7 heteroatoms. The van der Waals surface area contributed by atoms with E-state index in [-0.39, 0.29) is 10.4 Å². The first kappa shape index (κ1) is 13.2. The van der Waals surface area contributed by atoms with Crippen molar-refractivity contribution in [2.75, 3.05) is 6.54 Å². The average Bonchev–Trinajstić information content (AvgIpc) is 2.26. The maximum atomic E-state index is 11.7. The van der Waals surface area contributed by atoms with Crippen molar-refractivity contribution in [2.24, 2.45) is 0 Å². The second kappa shape index (κ2) is 5.45. The second-order valence-electron chi connectivity index (χ2n) is 3.34. The van der Waals surface area contributed by atoms with Crippen LogP contribution in [0.25, 0.3) is 0 Å². The first-order chi connectivity index (χ1) is 7.47. The number of hydrogen-bond donors (Lipinski definition) is 3. The summed E-state index contributed by atoms with van der Waals surface area (Å²) in [6.45, 7) is 2.21. The minimum Gasteiger partial charge on any atom is -0.423 e. The largest absolute Gasteiger partial charge is 0.488 e. The van der Waals surface area contributed by atoms with Gasteiger partial charge in [-0.25, -0.2) is 13.1 Å². The Morgan fingerprint density at radius 3 is 2.62 bits per heavy atom. The van der Waals surface area contributed by atoms with E-state index in [4.69, 9.17) is 10.0 Å². The molecule has 0 unspecified atom stereocenters. The Bertz CT molecular complexity index is 447. The molecule has 0 fully saturated rings. The lowest BCUT2D eigenvalue weighted by Gasteiger charge is -2.07. The van der Waals surface area contributed by atoms with Crippen LogP contribution in [0.2, 0.25) is 0 Å². The van der Waals surface area contributed by atoms with Crippen LogP contribution in [0.3, 0.4) is 0 Å². The maximum Gasteiger partial charge on any atom is 0.488 e. The molecular formula is C9H14BNO4S. The number of nitrogens with one attached hydrogen (secondary N) is 1. The predicted octanol–water partition coefficient (Wildman–Crippen LogP) is -0.945. The van der Waals surface area contributed by atoms with E-state index >= 15 is 0 Å². The van der Waals surface area contributed by atoms with E-state index in [0.717, 1.165) is 0 Å². The number of hydrogen-bond acceptors (Lipinski definition) is 4. The van der Waals surface area contributed by atoms with Crippen molar-refractivity contribution in [3.05, 3.63) is 24.3 Å². The number of rotatable bonds is 5.